The fraction of sp³-hybridized carbons (Fsp3) is 0.206. The van der Waals surface area contributed by atoms with Gasteiger partial charge in [-0.05, 0) is 55.7 Å². The summed E-state index contributed by atoms with van der Waals surface area (Å²) >= 11 is 0. The average molecular weight is 640 g/mol. The number of rotatable bonds is 7. The number of barbiturate groups is 1. The summed E-state index contributed by atoms with van der Waals surface area (Å²) in [4.78, 5) is 64.4. The molecule has 240 valence electrons. The second-order valence-electron chi connectivity index (χ2n) is 11.4. The summed E-state index contributed by atoms with van der Waals surface area (Å²) < 4.78 is 17.8. The number of nitrogens with one attached hydrogen (secondary N) is 2. The molecule has 6 rings (SSSR count). The molecule has 3 aliphatic heterocycles. The number of ether oxygens (including phenoxy) is 3. The SMILES string of the molecule is C=CCC1(CC=C(C)COC(=O)N(C)c2c(O)ccc3c2Oc2cc(O)ccc2C32OC(=O)c3ccccc32)C(=O)NC(=O)NC1=O. The van der Waals surface area contributed by atoms with Gasteiger partial charge in [-0.1, -0.05) is 30.4 Å². The van der Waals surface area contributed by atoms with Crippen LogP contribution in [-0.2, 0) is 24.7 Å². The standard InChI is InChI=1S/C34H29N3O10/c1-4-14-33(29(41)35-31(43)36-30(33)42)15-13-18(2)17-45-32(44)37(3)26-24(39)12-11-23-27(26)46-25-16-19(38)9-10-22(25)34(23)21-8-6-5-7-20(21)28(40)47-34/h4-13,16,38-39H,1,14-15,17H2,2-3H3,(H2,35,36,41,42,43). The molecule has 13 nitrogen and oxygen atoms in total. The van der Waals surface area contributed by atoms with Crippen LogP contribution in [0.5, 0.6) is 23.0 Å². The lowest BCUT2D eigenvalue weighted by Gasteiger charge is -2.38. The first-order chi connectivity index (χ1) is 22.4. The Bertz CT molecular complexity index is 1910. The summed E-state index contributed by atoms with van der Waals surface area (Å²) in [6.45, 7) is 4.98. The van der Waals surface area contributed by atoms with E-state index in [9.17, 15) is 34.2 Å². The summed E-state index contributed by atoms with van der Waals surface area (Å²) in [5.41, 5.74) is -1.12. The van der Waals surface area contributed by atoms with Gasteiger partial charge in [-0.15, -0.1) is 6.58 Å². The molecule has 5 amide bonds. The van der Waals surface area contributed by atoms with Gasteiger partial charge in [-0.3, -0.25) is 25.1 Å². The van der Waals surface area contributed by atoms with Crippen molar-refractivity contribution in [3.63, 3.8) is 0 Å². The van der Waals surface area contributed by atoms with Crippen LogP contribution in [0.1, 0.15) is 46.8 Å². The Morgan fingerprint density at radius 3 is 2.40 bits per heavy atom. The largest absolute Gasteiger partial charge is 0.508 e. The summed E-state index contributed by atoms with van der Waals surface area (Å²) in [5.74, 6) is -2.45. The number of allylic oxidation sites excluding steroid dienone is 2. The molecule has 3 aromatic carbocycles. The Morgan fingerprint density at radius 2 is 1.68 bits per heavy atom. The summed E-state index contributed by atoms with van der Waals surface area (Å²) in [6, 6.07) is 13.2. The summed E-state index contributed by atoms with van der Waals surface area (Å²) in [5, 5.41) is 25.5. The maximum atomic E-state index is 13.4. The smallest absolute Gasteiger partial charge is 0.414 e. The van der Waals surface area contributed by atoms with E-state index in [-0.39, 0.29) is 48.1 Å². The van der Waals surface area contributed by atoms with E-state index in [0.29, 0.717) is 27.8 Å². The van der Waals surface area contributed by atoms with E-state index in [4.69, 9.17) is 14.2 Å². The van der Waals surface area contributed by atoms with Crippen molar-refractivity contribution in [2.75, 3.05) is 18.6 Å². The van der Waals surface area contributed by atoms with E-state index in [1.807, 2.05) is 0 Å². The number of phenols is 2. The van der Waals surface area contributed by atoms with Crippen LogP contribution in [0.2, 0.25) is 0 Å². The molecule has 1 atom stereocenters. The number of fused-ring (bicyclic) bond motifs is 6. The first-order valence-electron chi connectivity index (χ1n) is 14.5. The van der Waals surface area contributed by atoms with Crippen molar-refractivity contribution >= 4 is 35.6 Å². The second-order valence-corrected chi connectivity index (χ2v) is 11.4. The van der Waals surface area contributed by atoms with Crippen LogP contribution in [0.4, 0.5) is 15.3 Å². The van der Waals surface area contributed by atoms with Crippen molar-refractivity contribution < 1.29 is 48.4 Å². The van der Waals surface area contributed by atoms with Gasteiger partial charge < -0.3 is 24.4 Å². The highest BCUT2D eigenvalue weighted by molar-refractivity contribution is 6.19. The van der Waals surface area contributed by atoms with E-state index >= 15 is 0 Å². The van der Waals surface area contributed by atoms with Gasteiger partial charge in [0.05, 0.1) is 11.1 Å². The lowest BCUT2D eigenvalue weighted by atomic mass is 9.77. The Kier molecular flexibility index (Phi) is 7.46. The molecule has 1 spiro atoms. The van der Waals surface area contributed by atoms with Gasteiger partial charge in [0, 0.05) is 24.2 Å². The van der Waals surface area contributed by atoms with Crippen molar-refractivity contribution in [3.05, 3.63) is 101 Å². The van der Waals surface area contributed by atoms with E-state index in [1.54, 1.807) is 43.3 Å². The van der Waals surface area contributed by atoms with Gasteiger partial charge in [0.2, 0.25) is 11.8 Å². The number of anilines is 1. The maximum absolute atomic E-state index is 13.4. The van der Waals surface area contributed by atoms with Gasteiger partial charge in [-0.25, -0.2) is 14.4 Å². The van der Waals surface area contributed by atoms with Crippen LogP contribution >= 0.6 is 0 Å². The number of carbonyl (C=O) groups is 5. The van der Waals surface area contributed by atoms with Gasteiger partial charge in [0.1, 0.15) is 35.0 Å². The van der Waals surface area contributed by atoms with Crippen LogP contribution in [-0.4, -0.2) is 53.8 Å². The first kappa shape index (κ1) is 30.9. The van der Waals surface area contributed by atoms with Crippen molar-refractivity contribution in [2.45, 2.75) is 25.4 Å². The average Bonchev–Trinajstić information content (AvgIpc) is 3.32. The van der Waals surface area contributed by atoms with Gasteiger partial charge >= 0.3 is 18.1 Å². The zero-order valence-electron chi connectivity index (χ0n) is 25.3. The molecule has 47 heavy (non-hydrogen) atoms. The quantitative estimate of drug-likeness (QED) is 0.163. The third-order valence-electron chi connectivity index (χ3n) is 8.47. The number of aromatic hydroxyl groups is 2. The molecule has 1 fully saturated rings. The van der Waals surface area contributed by atoms with Crippen molar-refractivity contribution in [1.29, 1.82) is 0 Å². The number of benzene rings is 3. The molecular weight excluding hydrogens is 610 g/mol. The number of urea groups is 1. The van der Waals surface area contributed by atoms with Crippen LogP contribution < -0.4 is 20.3 Å². The van der Waals surface area contributed by atoms with Gasteiger partial charge in [-0.2, -0.15) is 0 Å². The lowest BCUT2D eigenvalue weighted by molar-refractivity contribution is -0.144. The number of imide groups is 2. The van der Waals surface area contributed by atoms with Crippen LogP contribution in [0.15, 0.2) is 78.9 Å². The number of carbonyl (C=O) groups excluding carboxylic acids is 5. The van der Waals surface area contributed by atoms with Crippen molar-refractivity contribution in [3.8, 4) is 23.0 Å². The molecule has 3 heterocycles. The van der Waals surface area contributed by atoms with Crippen LogP contribution in [0, 0.1) is 5.41 Å². The highest BCUT2D eigenvalue weighted by Gasteiger charge is 2.54. The Hall–Kier alpha value is -6.11. The topological polar surface area (TPSA) is 181 Å². The Balaban J connectivity index is 1.30. The summed E-state index contributed by atoms with van der Waals surface area (Å²) in [7, 11) is 1.35. The van der Waals surface area contributed by atoms with Crippen molar-refractivity contribution in [2.24, 2.45) is 5.41 Å². The molecule has 1 saturated heterocycles. The summed E-state index contributed by atoms with van der Waals surface area (Å²) in [6.07, 6.45) is 1.92. The van der Waals surface area contributed by atoms with E-state index in [1.165, 1.54) is 37.4 Å². The zero-order chi connectivity index (χ0) is 33.7. The molecule has 13 heteroatoms. The minimum absolute atomic E-state index is 0.00504. The number of phenolic OH excluding ortho intramolecular Hbond substituents is 2. The molecule has 0 saturated carbocycles. The highest BCUT2D eigenvalue weighted by atomic mass is 16.6. The molecule has 4 N–H and O–H groups in total. The monoisotopic (exact) mass is 639 g/mol. The molecule has 0 aliphatic carbocycles. The molecule has 3 aliphatic rings. The molecule has 0 bridgehead atoms. The fourth-order valence-corrected chi connectivity index (χ4v) is 6.08. The maximum Gasteiger partial charge on any atom is 0.414 e. The minimum atomic E-state index is -1.60. The number of amides is 5. The molecule has 0 radical (unpaired) electrons. The first-order valence-corrected chi connectivity index (χ1v) is 14.5. The Morgan fingerprint density at radius 1 is 0.979 bits per heavy atom. The molecule has 3 aromatic rings. The predicted molar refractivity (Wildman–Crippen MR) is 165 cm³/mol. The van der Waals surface area contributed by atoms with Gasteiger partial charge in [0.15, 0.2) is 11.4 Å². The van der Waals surface area contributed by atoms with E-state index < -0.39 is 40.9 Å². The number of esters is 1. The third kappa shape index (κ3) is 4.83. The third-order valence-corrected chi connectivity index (χ3v) is 8.47. The molecule has 1 unspecified atom stereocenters. The minimum Gasteiger partial charge on any atom is -0.508 e. The van der Waals surface area contributed by atoms with E-state index in [0.717, 1.165) is 4.90 Å². The zero-order valence-corrected chi connectivity index (χ0v) is 25.3. The normalized spacial score (nSPS) is 19.0. The van der Waals surface area contributed by atoms with Crippen LogP contribution in [0.3, 0.4) is 0 Å². The molecule has 0 aromatic heterocycles. The van der Waals surface area contributed by atoms with Crippen LogP contribution in [0.25, 0.3) is 0 Å². The fourth-order valence-electron chi connectivity index (χ4n) is 6.08. The predicted octanol–water partition coefficient (Wildman–Crippen LogP) is 4.50. The number of hydrogen-bond acceptors (Lipinski definition) is 10. The van der Waals surface area contributed by atoms with Crippen molar-refractivity contribution in [1.82, 2.24) is 10.6 Å². The van der Waals surface area contributed by atoms with Gasteiger partial charge in [0.25, 0.3) is 0 Å². The highest BCUT2D eigenvalue weighted by Crippen LogP contribution is 2.59. The number of hydrogen-bond donors (Lipinski definition) is 4. The second kappa shape index (κ2) is 11.4. The molecular formula is C34H29N3O10. The van der Waals surface area contributed by atoms with E-state index in [2.05, 4.69) is 17.2 Å². The number of nitrogens with zero attached hydrogens (tertiary/aromatic N) is 1. The Labute approximate surface area is 268 Å². The lowest BCUT2D eigenvalue weighted by Crippen LogP contribution is -2.62.